The second-order valence-electron chi connectivity index (χ2n) is 7.24. The number of hydrogen-bond donors (Lipinski definition) is 0. The van der Waals surface area contributed by atoms with Gasteiger partial charge in [-0.05, 0) is 47.9 Å². The summed E-state index contributed by atoms with van der Waals surface area (Å²) in [6.07, 6.45) is 2.62. The first-order valence-corrected chi connectivity index (χ1v) is 9.90. The Bertz CT molecular complexity index is 1100. The van der Waals surface area contributed by atoms with Gasteiger partial charge in [-0.25, -0.2) is 4.39 Å². The molecule has 1 aromatic carbocycles. The van der Waals surface area contributed by atoms with Crippen LogP contribution in [0.15, 0.2) is 42.1 Å². The first kappa shape index (κ1) is 20.2. The summed E-state index contributed by atoms with van der Waals surface area (Å²) in [5.74, 6) is -0.421. The minimum Gasteiger partial charge on any atom is -0.334 e. The van der Waals surface area contributed by atoms with Crippen LogP contribution in [-0.4, -0.2) is 44.1 Å². The predicted molar refractivity (Wildman–Crippen MR) is 112 cm³/mol. The van der Waals surface area contributed by atoms with Crippen LogP contribution in [0.1, 0.15) is 35.0 Å². The number of benzene rings is 1. The molecule has 4 rings (SSSR count). The lowest BCUT2D eigenvalue weighted by Crippen LogP contribution is -2.31. The van der Waals surface area contributed by atoms with Crippen LogP contribution in [0.25, 0.3) is 5.57 Å². The number of halogens is 2. The largest absolute Gasteiger partial charge is 0.334 e. The summed E-state index contributed by atoms with van der Waals surface area (Å²) in [5, 5.41) is 12.4. The Morgan fingerprint density at radius 2 is 2.10 bits per heavy atom. The summed E-state index contributed by atoms with van der Waals surface area (Å²) < 4.78 is 14.0. The van der Waals surface area contributed by atoms with E-state index in [1.165, 1.54) is 28.6 Å². The van der Waals surface area contributed by atoms with E-state index in [0.29, 0.717) is 18.2 Å². The Balaban J connectivity index is 1.51. The molecular weight excluding hydrogens is 407 g/mol. The molecule has 0 atom stereocenters. The highest BCUT2D eigenvalue weighted by atomic mass is 35.5. The molecule has 0 fully saturated rings. The van der Waals surface area contributed by atoms with E-state index in [9.17, 15) is 9.18 Å². The number of nitrogens with zero attached hydrogens (tertiary/aromatic N) is 6. The van der Waals surface area contributed by atoms with Crippen LogP contribution in [-0.2, 0) is 13.5 Å². The Labute approximate surface area is 178 Å². The standard InChI is InChI=1S/C21H20ClFN6O/c1-13-8-9-29(21-25-27-28(2)26-21)12-16(13)14-6-7-15(24-11-14)10-19(30)20-17(22)4-3-5-18(20)23/h3-7,11H,8-10,12H2,1-2H3. The number of carbonyl (C=O) groups is 1. The summed E-state index contributed by atoms with van der Waals surface area (Å²) in [5.41, 5.74) is 3.86. The normalized spacial score (nSPS) is 14.3. The molecule has 0 bridgehead atoms. The molecule has 0 amide bonds. The number of hydrogen-bond acceptors (Lipinski definition) is 6. The van der Waals surface area contributed by atoms with E-state index in [-0.39, 0.29) is 17.0 Å². The van der Waals surface area contributed by atoms with Crippen molar-refractivity contribution >= 4 is 28.9 Å². The van der Waals surface area contributed by atoms with Crippen molar-refractivity contribution in [3.63, 3.8) is 0 Å². The zero-order chi connectivity index (χ0) is 21.3. The molecular formula is C21H20ClFN6O. The molecule has 2 aromatic heterocycles. The Morgan fingerprint density at radius 1 is 1.27 bits per heavy atom. The van der Waals surface area contributed by atoms with Crippen LogP contribution < -0.4 is 4.90 Å². The number of Topliss-reactive ketones (excluding diaryl/α,β-unsaturated/α-hetero) is 1. The number of carbonyl (C=O) groups excluding carboxylic acids is 1. The lowest BCUT2D eigenvalue weighted by Gasteiger charge is -2.28. The zero-order valence-corrected chi connectivity index (χ0v) is 17.4. The van der Waals surface area contributed by atoms with Crippen molar-refractivity contribution in [2.45, 2.75) is 19.8 Å². The smallest absolute Gasteiger partial charge is 0.266 e. The van der Waals surface area contributed by atoms with Gasteiger partial charge in [-0.2, -0.15) is 4.80 Å². The number of rotatable bonds is 5. The minimum absolute atomic E-state index is 0.0192. The van der Waals surface area contributed by atoms with E-state index in [1.54, 1.807) is 19.3 Å². The predicted octanol–water partition coefficient (Wildman–Crippen LogP) is 3.51. The van der Waals surface area contributed by atoms with Gasteiger partial charge in [0.1, 0.15) is 5.82 Å². The topological polar surface area (TPSA) is 76.8 Å². The highest BCUT2D eigenvalue weighted by Crippen LogP contribution is 2.28. The summed E-state index contributed by atoms with van der Waals surface area (Å²) in [6.45, 7) is 3.58. The third-order valence-electron chi connectivity index (χ3n) is 5.16. The monoisotopic (exact) mass is 426 g/mol. The van der Waals surface area contributed by atoms with Crippen molar-refractivity contribution in [1.29, 1.82) is 0 Å². The molecule has 7 nitrogen and oxygen atoms in total. The summed E-state index contributed by atoms with van der Waals surface area (Å²) in [6, 6.07) is 7.93. The first-order chi connectivity index (χ1) is 14.4. The van der Waals surface area contributed by atoms with E-state index in [2.05, 4.69) is 32.2 Å². The Hall–Kier alpha value is -3.13. The highest BCUT2D eigenvalue weighted by molar-refractivity contribution is 6.34. The summed E-state index contributed by atoms with van der Waals surface area (Å²) >= 11 is 5.99. The molecule has 30 heavy (non-hydrogen) atoms. The van der Waals surface area contributed by atoms with Crippen molar-refractivity contribution in [2.75, 3.05) is 18.0 Å². The second kappa shape index (κ2) is 8.31. The van der Waals surface area contributed by atoms with Crippen LogP contribution in [0.4, 0.5) is 10.3 Å². The van der Waals surface area contributed by atoms with E-state index < -0.39 is 11.6 Å². The number of pyridine rings is 1. The number of aryl methyl sites for hydroxylation is 1. The molecule has 0 spiro atoms. The number of anilines is 1. The van der Waals surface area contributed by atoms with Crippen molar-refractivity contribution in [2.24, 2.45) is 7.05 Å². The van der Waals surface area contributed by atoms with Gasteiger partial charge in [0, 0.05) is 25.0 Å². The second-order valence-corrected chi connectivity index (χ2v) is 7.65. The zero-order valence-electron chi connectivity index (χ0n) is 16.6. The fourth-order valence-corrected chi connectivity index (χ4v) is 3.76. The van der Waals surface area contributed by atoms with Gasteiger partial charge >= 0.3 is 0 Å². The Kier molecular flexibility index (Phi) is 5.59. The van der Waals surface area contributed by atoms with Crippen LogP contribution in [0.2, 0.25) is 5.02 Å². The molecule has 0 saturated carbocycles. The van der Waals surface area contributed by atoms with Crippen LogP contribution in [0.5, 0.6) is 0 Å². The van der Waals surface area contributed by atoms with Crippen LogP contribution >= 0.6 is 11.6 Å². The lowest BCUT2D eigenvalue weighted by atomic mass is 9.96. The van der Waals surface area contributed by atoms with Gasteiger partial charge in [0.2, 0.25) is 0 Å². The van der Waals surface area contributed by atoms with Crippen LogP contribution in [0.3, 0.4) is 0 Å². The van der Waals surface area contributed by atoms with Gasteiger partial charge in [-0.1, -0.05) is 34.4 Å². The van der Waals surface area contributed by atoms with E-state index in [0.717, 1.165) is 24.1 Å². The molecule has 1 aliphatic heterocycles. The lowest BCUT2D eigenvalue weighted by molar-refractivity contribution is 0.0988. The summed E-state index contributed by atoms with van der Waals surface area (Å²) in [7, 11) is 1.74. The van der Waals surface area contributed by atoms with Crippen molar-refractivity contribution < 1.29 is 9.18 Å². The van der Waals surface area contributed by atoms with Gasteiger partial charge in [-0.15, -0.1) is 5.10 Å². The molecule has 0 unspecified atom stereocenters. The van der Waals surface area contributed by atoms with E-state index >= 15 is 0 Å². The minimum atomic E-state index is -0.621. The van der Waals surface area contributed by atoms with E-state index in [4.69, 9.17) is 11.6 Å². The highest BCUT2D eigenvalue weighted by Gasteiger charge is 2.22. The molecule has 9 heteroatoms. The quantitative estimate of drug-likeness (QED) is 0.581. The Morgan fingerprint density at radius 3 is 2.77 bits per heavy atom. The maximum absolute atomic E-state index is 14.0. The number of ketones is 1. The fraction of sp³-hybridized carbons (Fsp3) is 0.286. The van der Waals surface area contributed by atoms with Gasteiger partial charge < -0.3 is 4.90 Å². The van der Waals surface area contributed by atoms with Gasteiger partial charge in [0.15, 0.2) is 5.78 Å². The van der Waals surface area contributed by atoms with Gasteiger partial charge in [0.25, 0.3) is 5.95 Å². The maximum Gasteiger partial charge on any atom is 0.266 e. The van der Waals surface area contributed by atoms with Gasteiger partial charge in [0.05, 0.1) is 24.1 Å². The van der Waals surface area contributed by atoms with Crippen molar-refractivity contribution in [3.05, 3.63) is 69.8 Å². The number of tetrazole rings is 1. The first-order valence-electron chi connectivity index (χ1n) is 9.52. The molecule has 0 N–H and O–H groups in total. The summed E-state index contributed by atoms with van der Waals surface area (Å²) in [4.78, 5) is 20.4. The molecule has 0 radical (unpaired) electrons. The molecule has 3 aromatic rings. The van der Waals surface area contributed by atoms with Gasteiger partial charge in [-0.3, -0.25) is 9.78 Å². The third-order valence-corrected chi connectivity index (χ3v) is 5.47. The average Bonchev–Trinajstić information content (AvgIpc) is 3.15. The van der Waals surface area contributed by atoms with E-state index in [1.807, 2.05) is 6.07 Å². The maximum atomic E-state index is 14.0. The molecule has 0 aliphatic carbocycles. The average molecular weight is 427 g/mol. The third kappa shape index (κ3) is 4.09. The molecule has 3 heterocycles. The SMILES string of the molecule is CC1=C(c2ccc(CC(=O)c3c(F)cccc3Cl)nc2)CN(c2nnn(C)n2)CC1. The molecule has 154 valence electrons. The van der Waals surface area contributed by atoms with Crippen molar-refractivity contribution in [3.8, 4) is 0 Å². The van der Waals surface area contributed by atoms with Crippen molar-refractivity contribution in [1.82, 2.24) is 25.2 Å². The van der Waals surface area contributed by atoms with Crippen LogP contribution in [0, 0.1) is 5.82 Å². The number of aromatic nitrogens is 5. The molecule has 0 saturated heterocycles. The fourth-order valence-electron chi connectivity index (χ4n) is 3.49. The molecule has 1 aliphatic rings.